The van der Waals surface area contributed by atoms with Crippen molar-refractivity contribution in [2.45, 2.75) is 45.4 Å². The van der Waals surface area contributed by atoms with Gasteiger partial charge in [-0.3, -0.25) is 0 Å². The van der Waals surface area contributed by atoms with Crippen LogP contribution in [0.25, 0.3) is 0 Å². The number of hydrogen-bond donors (Lipinski definition) is 0. The Kier molecular flexibility index (Phi) is 32.8. The normalized spacial score (nSPS) is 11.5. The maximum atomic E-state index is 5.57. The number of halogens is 1. The van der Waals surface area contributed by atoms with Crippen molar-refractivity contribution in [3.63, 3.8) is 0 Å². The van der Waals surface area contributed by atoms with Crippen molar-refractivity contribution in [2.24, 2.45) is 0 Å². The van der Waals surface area contributed by atoms with Gasteiger partial charge in [-0.2, -0.15) is 0 Å². The summed E-state index contributed by atoms with van der Waals surface area (Å²) in [6, 6.07) is 0. The van der Waals surface area contributed by atoms with Crippen LogP contribution < -0.4 is 0 Å². The minimum absolute atomic E-state index is 0.551. The molecule has 0 radical (unpaired) electrons. The number of alkyl halides is 1. The summed E-state index contributed by atoms with van der Waals surface area (Å²) >= 11 is 2.28. The van der Waals surface area contributed by atoms with Crippen molar-refractivity contribution in [2.75, 3.05) is 110 Å². The molecule has 0 aliphatic rings. The molecule has 0 bridgehead atoms. The number of unbranched alkanes of at least 4 members (excludes halogenated alkanes) is 5. The van der Waals surface area contributed by atoms with Gasteiger partial charge in [0.15, 0.2) is 0 Å². The first-order chi connectivity index (χ1) is 16.4. The van der Waals surface area contributed by atoms with E-state index in [9.17, 15) is 0 Å². The Hall–Kier alpha value is 0.410. The van der Waals surface area contributed by atoms with E-state index in [4.69, 9.17) is 37.9 Å². The van der Waals surface area contributed by atoms with Crippen LogP contribution in [-0.2, 0) is 37.9 Å². The first-order valence-electron chi connectivity index (χ1n) is 12.6. The molecule has 0 aromatic carbocycles. The molecule has 0 heterocycles. The fraction of sp³-hybridized carbons (Fsp3) is 1.00. The lowest BCUT2D eigenvalue weighted by Gasteiger charge is -2.08. The van der Waals surface area contributed by atoms with Gasteiger partial charge in [0, 0.05) is 11.0 Å². The molecule has 0 rings (SSSR count). The molecule has 0 fully saturated rings. The second kappa shape index (κ2) is 32.4. The Morgan fingerprint density at radius 3 is 0.939 bits per heavy atom. The van der Waals surface area contributed by atoms with Gasteiger partial charge in [0.1, 0.15) is 0 Å². The van der Waals surface area contributed by atoms with Crippen molar-refractivity contribution in [3.8, 4) is 0 Å². The van der Waals surface area contributed by atoms with Gasteiger partial charge >= 0.3 is 0 Å². The van der Waals surface area contributed by atoms with E-state index in [2.05, 4.69) is 29.5 Å². The molecule has 33 heavy (non-hydrogen) atoms. The number of rotatable bonds is 30. The average molecular weight is 593 g/mol. The summed E-state index contributed by atoms with van der Waals surface area (Å²) in [5.74, 6) is 0. The molecule has 0 aliphatic heterocycles. The van der Waals surface area contributed by atoms with Crippen LogP contribution >= 0.6 is 22.6 Å². The van der Waals surface area contributed by atoms with E-state index in [-0.39, 0.29) is 0 Å². The smallest absolute Gasteiger partial charge is 0.0701 e. The van der Waals surface area contributed by atoms with Crippen LogP contribution in [0.2, 0.25) is 0 Å². The van der Waals surface area contributed by atoms with E-state index in [0.29, 0.717) is 92.5 Å². The lowest BCUT2D eigenvalue weighted by Crippen LogP contribution is -2.15. The number of hydrogen-bond acceptors (Lipinski definition) is 8. The molecule has 0 N–H and O–H groups in total. The summed E-state index contributed by atoms with van der Waals surface area (Å²) in [4.78, 5) is 0. The van der Waals surface area contributed by atoms with Crippen LogP contribution in [0.3, 0.4) is 0 Å². The van der Waals surface area contributed by atoms with Crippen LogP contribution in [0.1, 0.15) is 45.4 Å². The fourth-order valence-electron chi connectivity index (χ4n) is 2.68. The topological polar surface area (TPSA) is 73.8 Å². The molecule has 0 saturated carbocycles. The zero-order valence-corrected chi connectivity index (χ0v) is 23.1. The van der Waals surface area contributed by atoms with E-state index in [1.165, 1.54) is 32.1 Å². The van der Waals surface area contributed by atoms with Gasteiger partial charge in [0.05, 0.1) is 99.1 Å². The van der Waals surface area contributed by atoms with E-state index < -0.39 is 0 Å². The highest BCUT2D eigenvalue weighted by Gasteiger charge is 1.95. The van der Waals surface area contributed by atoms with Crippen LogP contribution in [0, 0.1) is 0 Å². The highest BCUT2D eigenvalue weighted by Crippen LogP contribution is 2.04. The van der Waals surface area contributed by atoms with Crippen molar-refractivity contribution in [1.82, 2.24) is 0 Å². The summed E-state index contributed by atoms with van der Waals surface area (Å²) in [5, 5.41) is 0. The third kappa shape index (κ3) is 32.4. The highest BCUT2D eigenvalue weighted by molar-refractivity contribution is 14.1. The van der Waals surface area contributed by atoms with E-state index in [0.717, 1.165) is 24.1 Å². The Balaban J connectivity index is 2.99. The molecule has 0 amide bonds. The second-order valence-corrected chi connectivity index (χ2v) is 8.43. The van der Waals surface area contributed by atoms with Gasteiger partial charge in [0.2, 0.25) is 0 Å². The predicted octanol–water partition coefficient (Wildman–Crippen LogP) is 3.91. The van der Waals surface area contributed by atoms with E-state index in [1.807, 2.05) is 0 Å². The van der Waals surface area contributed by atoms with E-state index >= 15 is 0 Å². The Morgan fingerprint density at radius 2 is 0.606 bits per heavy atom. The standard InChI is InChI=1S/C24H49IO8/c1-2-3-4-5-6-7-9-26-11-13-28-15-17-30-19-21-32-23-24-33-22-20-31-18-16-29-14-12-27-10-8-25/h2-24H2,1H3. The van der Waals surface area contributed by atoms with Gasteiger partial charge in [-0.15, -0.1) is 0 Å². The van der Waals surface area contributed by atoms with Crippen molar-refractivity contribution in [3.05, 3.63) is 0 Å². The molecule has 0 atom stereocenters. The lowest BCUT2D eigenvalue weighted by atomic mass is 10.1. The molecule has 0 spiro atoms. The van der Waals surface area contributed by atoms with Crippen LogP contribution in [0.4, 0.5) is 0 Å². The Labute approximate surface area is 215 Å². The molecule has 0 unspecified atom stereocenters. The van der Waals surface area contributed by atoms with Gasteiger partial charge < -0.3 is 37.9 Å². The zero-order valence-electron chi connectivity index (χ0n) is 20.9. The Bertz CT molecular complexity index is 310. The monoisotopic (exact) mass is 592 g/mol. The van der Waals surface area contributed by atoms with Gasteiger partial charge in [-0.1, -0.05) is 61.6 Å². The van der Waals surface area contributed by atoms with Crippen LogP contribution in [-0.4, -0.2) is 110 Å². The first kappa shape index (κ1) is 33.4. The maximum absolute atomic E-state index is 5.57. The molecule has 200 valence electrons. The third-order valence-corrected chi connectivity index (χ3v) is 4.91. The quantitative estimate of drug-likeness (QED) is 0.0707. The molecule has 8 nitrogen and oxygen atoms in total. The molecule has 9 heteroatoms. The maximum Gasteiger partial charge on any atom is 0.0701 e. The van der Waals surface area contributed by atoms with Crippen molar-refractivity contribution < 1.29 is 37.9 Å². The summed E-state index contributed by atoms with van der Waals surface area (Å²) in [6.07, 6.45) is 7.73. The largest absolute Gasteiger partial charge is 0.379 e. The molecular weight excluding hydrogens is 543 g/mol. The van der Waals surface area contributed by atoms with E-state index in [1.54, 1.807) is 0 Å². The molecule has 0 aromatic heterocycles. The predicted molar refractivity (Wildman–Crippen MR) is 139 cm³/mol. The minimum Gasteiger partial charge on any atom is -0.379 e. The summed E-state index contributed by atoms with van der Waals surface area (Å²) in [7, 11) is 0. The SMILES string of the molecule is CCCCCCCCOCCOCCOCCOCCOCCOCCOCCOCCI. The van der Waals surface area contributed by atoms with Crippen LogP contribution in [0.5, 0.6) is 0 Å². The lowest BCUT2D eigenvalue weighted by molar-refractivity contribution is -0.0228. The molecule has 0 aromatic rings. The zero-order chi connectivity index (χ0) is 23.9. The Morgan fingerprint density at radius 1 is 0.333 bits per heavy atom. The third-order valence-electron chi connectivity index (χ3n) is 4.47. The molecule has 0 saturated heterocycles. The highest BCUT2D eigenvalue weighted by atomic mass is 127. The first-order valence-corrected chi connectivity index (χ1v) is 14.1. The minimum atomic E-state index is 0.551. The molecular formula is C24H49IO8. The van der Waals surface area contributed by atoms with Crippen molar-refractivity contribution in [1.29, 1.82) is 0 Å². The summed E-state index contributed by atoms with van der Waals surface area (Å²) in [5.41, 5.74) is 0. The van der Waals surface area contributed by atoms with Gasteiger partial charge in [-0.05, 0) is 6.42 Å². The summed E-state index contributed by atoms with van der Waals surface area (Å²) < 4.78 is 44.6. The fourth-order valence-corrected chi connectivity index (χ4v) is 2.99. The average Bonchev–Trinajstić information content (AvgIpc) is 2.83. The second-order valence-electron chi connectivity index (χ2n) is 7.36. The van der Waals surface area contributed by atoms with Crippen molar-refractivity contribution >= 4 is 22.6 Å². The summed E-state index contributed by atoms with van der Waals surface area (Å²) in [6.45, 7) is 12.0. The van der Waals surface area contributed by atoms with Crippen LogP contribution in [0.15, 0.2) is 0 Å². The number of ether oxygens (including phenoxy) is 8. The molecule has 0 aliphatic carbocycles. The van der Waals surface area contributed by atoms with Gasteiger partial charge in [0.25, 0.3) is 0 Å². The van der Waals surface area contributed by atoms with Gasteiger partial charge in [-0.25, -0.2) is 0 Å².